The number of hydrogen-bond acceptors (Lipinski definition) is 2. The molecule has 2 aromatic rings. The highest BCUT2D eigenvalue weighted by atomic mass is 127. The smallest absolute Gasteiger partial charge is 0.106 e. The fraction of sp³-hybridized carbons (Fsp3) is 0. The molecule has 0 bridgehead atoms. The van der Waals surface area contributed by atoms with Crippen LogP contribution in [-0.2, 0) is 0 Å². The zero-order chi connectivity index (χ0) is 13.1. The van der Waals surface area contributed by atoms with Gasteiger partial charge in [0.1, 0.15) is 4.99 Å². The Morgan fingerprint density at radius 2 is 1.89 bits per heavy atom. The van der Waals surface area contributed by atoms with Crippen LogP contribution in [-0.4, -0.2) is 4.99 Å². The lowest BCUT2D eigenvalue weighted by molar-refractivity contribution is 1.49. The molecule has 0 saturated heterocycles. The van der Waals surface area contributed by atoms with Gasteiger partial charge in [0.05, 0.1) is 5.69 Å². The topological polar surface area (TPSA) is 38.0 Å². The van der Waals surface area contributed by atoms with E-state index in [1.165, 1.54) is 3.57 Å². The quantitative estimate of drug-likeness (QED) is 0.556. The van der Waals surface area contributed by atoms with Gasteiger partial charge in [-0.3, -0.25) is 0 Å². The number of hydrogen-bond donors (Lipinski definition) is 2. The maximum Gasteiger partial charge on any atom is 0.106 e. The van der Waals surface area contributed by atoms with Gasteiger partial charge in [-0.05, 0) is 68.9 Å². The van der Waals surface area contributed by atoms with Gasteiger partial charge < -0.3 is 11.1 Å². The van der Waals surface area contributed by atoms with Crippen LogP contribution in [0.4, 0.5) is 11.4 Å². The van der Waals surface area contributed by atoms with Crippen LogP contribution >= 0.6 is 50.7 Å². The van der Waals surface area contributed by atoms with Crippen molar-refractivity contribution in [1.82, 2.24) is 0 Å². The molecule has 0 heterocycles. The molecule has 0 amide bonds. The summed E-state index contributed by atoms with van der Waals surface area (Å²) < 4.78 is 2.18. The highest BCUT2D eigenvalue weighted by Crippen LogP contribution is 2.28. The summed E-state index contributed by atoms with van der Waals surface area (Å²) in [5.41, 5.74) is 8.45. The first-order chi connectivity index (χ1) is 8.58. The predicted molar refractivity (Wildman–Crippen MR) is 92.5 cm³/mol. The molecule has 0 aromatic heterocycles. The van der Waals surface area contributed by atoms with E-state index in [4.69, 9.17) is 18.0 Å². The number of nitrogens with one attached hydrogen (secondary N) is 1. The zero-order valence-corrected chi connectivity index (χ0v) is 13.8. The van der Waals surface area contributed by atoms with Crippen LogP contribution in [0.3, 0.4) is 0 Å². The maximum absolute atomic E-state index is 5.71. The van der Waals surface area contributed by atoms with Crippen molar-refractivity contribution in [3.63, 3.8) is 0 Å². The SMILES string of the molecule is NC(=S)c1ccccc1Nc1ccc(I)cc1Br. The van der Waals surface area contributed by atoms with Crippen LogP contribution < -0.4 is 11.1 Å². The van der Waals surface area contributed by atoms with Crippen molar-refractivity contribution in [2.75, 3.05) is 5.32 Å². The van der Waals surface area contributed by atoms with Gasteiger partial charge >= 0.3 is 0 Å². The molecule has 92 valence electrons. The number of benzene rings is 2. The third-order valence-electron chi connectivity index (χ3n) is 2.39. The van der Waals surface area contributed by atoms with E-state index in [1.807, 2.05) is 42.5 Å². The Morgan fingerprint density at radius 3 is 2.56 bits per heavy atom. The fourth-order valence-corrected chi connectivity index (χ4v) is 3.12. The van der Waals surface area contributed by atoms with Crippen LogP contribution in [0.25, 0.3) is 0 Å². The lowest BCUT2D eigenvalue weighted by Gasteiger charge is -2.12. The Balaban J connectivity index is 2.37. The highest BCUT2D eigenvalue weighted by Gasteiger charge is 2.06. The van der Waals surface area contributed by atoms with E-state index < -0.39 is 0 Å². The average molecular weight is 433 g/mol. The number of nitrogens with two attached hydrogens (primary N) is 1. The van der Waals surface area contributed by atoms with E-state index >= 15 is 0 Å². The van der Waals surface area contributed by atoms with Crippen molar-refractivity contribution in [2.45, 2.75) is 0 Å². The van der Waals surface area contributed by atoms with E-state index in [0.29, 0.717) is 4.99 Å². The van der Waals surface area contributed by atoms with E-state index in [2.05, 4.69) is 43.8 Å². The van der Waals surface area contributed by atoms with Gasteiger partial charge in [-0.15, -0.1) is 0 Å². The fourth-order valence-electron chi connectivity index (χ4n) is 1.54. The first-order valence-corrected chi connectivity index (χ1v) is 7.47. The van der Waals surface area contributed by atoms with Gasteiger partial charge in [0.2, 0.25) is 0 Å². The van der Waals surface area contributed by atoms with Crippen molar-refractivity contribution in [1.29, 1.82) is 0 Å². The van der Waals surface area contributed by atoms with E-state index in [0.717, 1.165) is 21.4 Å². The monoisotopic (exact) mass is 432 g/mol. The molecule has 2 rings (SSSR count). The second-order valence-corrected chi connectivity index (χ2v) is 6.20. The average Bonchev–Trinajstić information content (AvgIpc) is 2.33. The summed E-state index contributed by atoms with van der Waals surface area (Å²) >= 11 is 10.9. The third-order valence-corrected chi connectivity index (χ3v) is 3.94. The summed E-state index contributed by atoms with van der Waals surface area (Å²) in [7, 11) is 0. The molecule has 0 aliphatic heterocycles. The molecule has 2 nitrogen and oxygen atoms in total. The summed E-state index contributed by atoms with van der Waals surface area (Å²) in [4.78, 5) is 0.389. The van der Waals surface area contributed by atoms with Gasteiger partial charge in [-0.25, -0.2) is 0 Å². The van der Waals surface area contributed by atoms with Crippen molar-refractivity contribution in [3.05, 3.63) is 56.1 Å². The zero-order valence-electron chi connectivity index (χ0n) is 9.28. The Bertz CT molecular complexity index is 601. The molecule has 0 aliphatic carbocycles. The lowest BCUT2D eigenvalue weighted by Crippen LogP contribution is -2.11. The van der Waals surface area contributed by atoms with E-state index in [1.54, 1.807) is 0 Å². The molecule has 0 saturated carbocycles. The second kappa shape index (κ2) is 5.99. The Morgan fingerprint density at radius 1 is 1.17 bits per heavy atom. The summed E-state index contributed by atoms with van der Waals surface area (Å²) in [5.74, 6) is 0. The summed E-state index contributed by atoms with van der Waals surface area (Å²) in [6.45, 7) is 0. The lowest BCUT2D eigenvalue weighted by atomic mass is 10.1. The molecule has 0 spiro atoms. The Kier molecular flexibility index (Phi) is 4.58. The molecule has 0 radical (unpaired) electrons. The normalized spacial score (nSPS) is 10.1. The largest absolute Gasteiger partial charge is 0.389 e. The number of halogens is 2. The Hall–Kier alpha value is -0.660. The van der Waals surface area contributed by atoms with Crippen molar-refractivity contribution in [3.8, 4) is 0 Å². The molecule has 0 unspecified atom stereocenters. The standard InChI is InChI=1S/C13H10BrIN2S/c14-10-7-8(15)5-6-12(10)17-11-4-2-1-3-9(11)13(16)18/h1-7,17H,(H2,16,18). The summed E-state index contributed by atoms with van der Waals surface area (Å²) in [6, 6.07) is 13.8. The third kappa shape index (κ3) is 3.21. The molecule has 0 aliphatic rings. The van der Waals surface area contributed by atoms with Gasteiger partial charge in [-0.2, -0.15) is 0 Å². The minimum Gasteiger partial charge on any atom is -0.389 e. The van der Waals surface area contributed by atoms with Crippen LogP contribution in [0.1, 0.15) is 5.56 Å². The first-order valence-electron chi connectivity index (χ1n) is 5.19. The highest BCUT2D eigenvalue weighted by molar-refractivity contribution is 14.1. The number of para-hydroxylation sites is 1. The summed E-state index contributed by atoms with van der Waals surface area (Å²) in [5, 5.41) is 3.33. The Labute approximate surface area is 133 Å². The number of rotatable bonds is 3. The number of anilines is 2. The molecule has 18 heavy (non-hydrogen) atoms. The predicted octanol–water partition coefficient (Wildman–Crippen LogP) is 4.43. The van der Waals surface area contributed by atoms with E-state index in [-0.39, 0.29) is 0 Å². The molecule has 2 aromatic carbocycles. The second-order valence-electron chi connectivity index (χ2n) is 3.66. The van der Waals surface area contributed by atoms with Crippen molar-refractivity contribution in [2.24, 2.45) is 5.73 Å². The molecule has 5 heteroatoms. The van der Waals surface area contributed by atoms with Crippen LogP contribution in [0.2, 0.25) is 0 Å². The van der Waals surface area contributed by atoms with Gasteiger partial charge in [0.25, 0.3) is 0 Å². The molecule has 3 N–H and O–H groups in total. The van der Waals surface area contributed by atoms with E-state index in [9.17, 15) is 0 Å². The molecular weight excluding hydrogens is 423 g/mol. The molecule has 0 fully saturated rings. The maximum atomic E-state index is 5.71. The minimum atomic E-state index is 0.389. The van der Waals surface area contributed by atoms with Crippen LogP contribution in [0, 0.1) is 3.57 Å². The van der Waals surface area contributed by atoms with Crippen molar-refractivity contribution >= 4 is 67.1 Å². The summed E-state index contributed by atoms with van der Waals surface area (Å²) in [6.07, 6.45) is 0. The van der Waals surface area contributed by atoms with Crippen molar-refractivity contribution < 1.29 is 0 Å². The first kappa shape index (κ1) is 13.8. The van der Waals surface area contributed by atoms with Gasteiger partial charge in [0, 0.05) is 19.3 Å². The molecule has 0 atom stereocenters. The number of thiocarbonyl (C=S) groups is 1. The van der Waals surface area contributed by atoms with Gasteiger partial charge in [0.15, 0.2) is 0 Å². The van der Waals surface area contributed by atoms with Gasteiger partial charge in [-0.1, -0.05) is 24.4 Å². The van der Waals surface area contributed by atoms with Crippen LogP contribution in [0.15, 0.2) is 46.9 Å². The van der Waals surface area contributed by atoms with Crippen LogP contribution in [0.5, 0.6) is 0 Å². The molecular formula is C13H10BrIN2S. The minimum absolute atomic E-state index is 0.389.